The molecule has 0 aliphatic carbocycles. The van der Waals surface area contributed by atoms with Crippen LogP contribution in [0.1, 0.15) is 10.4 Å². The first-order chi connectivity index (χ1) is 8.87. The minimum absolute atomic E-state index is 0.0288. The van der Waals surface area contributed by atoms with E-state index in [-0.39, 0.29) is 22.0 Å². The maximum absolute atomic E-state index is 11.8. The van der Waals surface area contributed by atoms with E-state index >= 15 is 0 Å². The van der Waals surface area contributed by atoms with Gasteiger partial charge in [-0.05, 0) is 6.07 Å². The molecule has 1 N–H and O–H groups in total. The zero-order valence-corrected chi connectivity index (χ0v) is 11.0. The van der Waals surface area contributed by atoms with Crippen molar-refractivity contribution in [3.63, 3.8) is 0 Å². The van der Waals surface area contributed by atoms with Gasteiger partial charge >= 0.3 is 5.97 Å². The minimum atomic E-state index is -3.88. The van der Waals surface area contributed by atoms with Crippen LogP contribution in [0.5, 0.6) is 11.5 Å². The maximum Gasteiger partial charge on any atom is 0.339 e. The summed E-state index contributed by atoms with van der Waals surface area (Å²) in [7, 11) is -1.39. The van der Waals surface area contributed by atoms with E-state index in [0.717, 1.165) is 12.1 Å². The zero-order chi connectivity index (χ0) is 14.6. The van der Waals surface area contributed by atoms with Gasteiger partial charge in [-0.1, -0.05) is 0 Å². The molecule has 0 radical (unpaired) electrons. The second-order valence-corrected chi connectivity index (χ2v) is 5.42. The Morgan fingerprint density at radius 2 is 2.00 bits per heavy atom. The van der Waals surface area contributed by atoms with E-state index < -0.39 is 21.6 Å². The summed E-state index contributed by atoms with van der Waals surface area (Å²) in [6.07, 6.45) is 0. The van der Waals surface area contributed by atoms with Crippen LogP contribution in [0.25, 0.3) is 0 Å². The van der Waals surface area contributed by atoms with E-state index in [2.05, 4.69) is 0 Å². The van der Waals surface area contributed by atoms with E-state index in [1.807, 2.05) is 0 Å². The molecule has 0 unspecified atom stereocenters. The molecule has 1 rings (SSSR count). The molecule has 7 nitrogen and oxygen atoms in total. The molecule has 0 bridgehead atoms. The largest absolute Gasteiger partial charge is 0.493 e. The molecule has 0 amide bonds. The van der Waals surface area contributed by atoms with Gasteiger partial charge in [-0.15, -0.1) is 0 Å². The van der Waals surface area contributed by atoms with Gasteiger partial charge in [-0.3, -0.25) is 0 Å². The van der Waals surface area contributed by atoms with Gasteiger partial charge in [0.15, 0.2) is 21.3 Å². The third kappa shape index (κ3) is 2.95. The fraction of sp³-hybridized carbons (Fsp3) is 0.273. The van der Waals surface area contributed by atoms with Gasteiger partial charge in [0, 0.05) is 6.07 Å². The molecule has 8 heteroatoms. The summed E-state index contributed by atoms with van der Waals surface area (Å²) < 4.78 is 33.3. The van der Waals surface area contributed by atoms with Crippen molar-refractivity contribution in [3.8, 4) is 17.6 Å². The number of carbonyl (C=O) groups is 1. The molecule has 0 fully saturated rings. The lowest BCUT2D eigenvalue weighted by atomic mass is 10.2. The van der Waals surface area contributed by atoms with Crippen molar-refractivity contribution in [1.29, 1.82) is 5.26 Å². The summed E-state index contributed by atoms with van der Waals surface area (Å²) >= 11 is 0. The van der Waals surface area contributed by atoms with Crippen LogP contribution in [0.2, 0.25) is 0 Å². The zero-order valence-electron chi connectivity index (χ0n) is 10.2. The Bertz CT molecular complexity index is 644. The van der Waals surface area contributed by atoms with Gasteiger partial charge in [-0.25, -0.2) is 13.2 Å². The average Bonchev–Trinajstić information content (AvgIpc) is 2.36. The molecule has 0 aliphatic heterocycles. The number of aromatic carboxylic acids is 1. The predicted molar refractivity (Wildman–Crippen MR) is 64.2 cm³/mol. The van der Waals surface area contributed by atoms with Crippen LogP contribution >= 0.6 is 0 Å². The summed E-state index contributed by atoms with van der Waals surface area (Å²) in [5, 5.41) is 17.5. The molecule has 0 aliphatic rings. The first kappa shape index (κ1) is 14.8. The highest BCUT2D eigenvalue weighted by molar-refractivity contribution is 7.91. The second kappa shape index (κ2) is 5.58. The van der Waals surface area contributed by atoms with Crippen LogP contribution in [0, 0.1) is 11.3 Å². The molecular weight excluding hydrogens is 274 g/mol. The van der Waals surface area contributed by atoms with E-state index in [4.69, 9.17) is 19.8 Å². The SMILES string of the molecule is COc1cc(S(=O)(=O)CC#N)cc(C(=O)O)c1OC. The molecule has 102 valence electrons. The van der Waals surface area contributed by atoms with Crippen molar-refractivity contribution in [3.05, 3.63) is 17.7 Å². The number of hydrogen-bond donors (Lipinski definition) is 1. The molecule has 0 atom stereocenters. The van der Waals surface area contributed by atoms with Gasteiger partial charge < -0.3 is 14.6 Å². The Balaban J connectivity index is 3.59. The fourth-order valence-corrected chi connectivity index (χ4v) is 2.37. The molecule has 0 spiro atoms. The van der Waals surface area contributed by atoms with Crippen LogP contribution in [-0.2, 0) is 9.84 Å². The van der Waals surface area contributed by atoms with Crippen molar-refractivity contribution in [2.24, 2.45) is 0 Å². The average molecular weight is 285 g/mol. The van der Waals surface area contributed by atoms with Crippen molar-refractivity contribution in [2.45, 2.75) is 4.90 Å². The van der Waals surface area contributed by atoms with Gasteiger partial charge in [0.1, 0.15) is 11.3 Å². The third-order valence-corrected chi connectivity index (χ3v) is 3.76. The van der Waals surface area contributed by atoms with Crippen molar-refractivity contribution >= 4 is 15.8 Å². The number of carboxylic acids is 1. The van der Waals surface area contributed by atoms with Gasteiger partial charge in [0.05, 0.1) is 25.2 Å². The van der Waals surface area contributed by atoms with E-state index in [1.165, 1.54) is 20.3 Å². The van der Waals surface area contributed by atoms with E-state index in [0.29, 0.717) is 0 Å². The van der Waals surface area contributed by atoms with Gasteiger partial charge in [0.2, 0.25) is 0 Å². The van der Waals surface area contributed by atoms with Crippen LogP contribution in [-0.4, -0.2) is 39.5 Å². The van der Waals surface area contributed by atoms with Gasteiger partial charge in [-0.2, -0.15) is 5.26 Å². The normalized spacial score (nSPS) is 10.6. The number of ether oxygens (including phenoxy) is 2. The summed E-state index contributed by atoms with van der Waals surface area (Å²) in [5.74, 6) is -2.21. The van der Waals surface area contributed by atoms with Crippen molar-refractivity contribution < 1.29 is 27.8 Å². The smallest absolute Gasteiger partial charge is 0.339 e. The molecule has 0 saturated heterocycles. The number of benzene rings is 1. The third-order valence-electron chi connectivity index (χ3n) is 2.30. The number of rotatable bonds is 5. The fourth-order valence-electron chi connectivity index (χ4n) is 1.45. The Morgan fingerprint density at radius 3 is 2.42 bits per heavy atom. The lowest BCUT2D eigenvalue weighted by molar-refractivity contribution is 0.0692. The first-order valence-corrected chi connectivity index (χ1v) is 6.61. The molecule has 19 heavy (non-hydrogen) atoms. The summed E-state index contributed by atoms with van der Waals surface area (Å²) in [5.41, 5.74) is -0.349. The number of carboxylic acid groups (broad SMARTS) is 1. The minimum Gasteiger partial charge on any atom is -0.493 e. The van der Waals surface area contributed by atoms with Crippen molar-refractivity contribution in [1.82, 2.24) is 0 Å². The topological polar surface area (TPSA) is 114 Å². The maximum atomic E-state index is 11.8. The highest BCUT2D eigenvalue weighted by Gasteiger charge is 2.23. The molecular formula is C11H11NO6S. The standard InChI is InChI=1S/C11H11NO6S/c1-17-9-6-7(19(15,16)4-3-12)5-8(11(13)14)10(9)18-2/h5-6H,4H2,1-2H3,(H,13,14). The number of nitriles is 1. The number of sulfone groups is 1. The Labute approximate surface area is 109 Å². The highest BCUT2D eigenvalue weighted by Crippen LogP contribution is 2.34. The second-order valence-electron chi connectivity index (χ2n) is 3.43. The van der Waals surface area contributed by atoms with Gasteiger partial charge in [0.25, 0.3) is 0 Å². The van der Waals surface area contributed by atoms with Crippen molar-refractivity contribution in [2.75, 3.05) is 20.0 Å². The van der Waals surface area contributed by atoms with E-state index in [9.17, 15) is 13.2 Å². The molecule has 1 aromatic carbocycles. The van der Waals surface area contributed by atoms with Crippen LogP contribution in [0.15, 0.2) is 17.0 Å². The molecule has 0 heterocycles. The number of nitrogens with zero attached hydrogens (tertiary/aromatic N) is 1. The Kier molecular flexibility index (Phi) is 4.34. The lowest BCUT2D eigenvalue weighted by Gasteiger charge is -2.12. The highest BCUT2D eigenvalue weighted by atomic mass is 32.2. The number of hydrogen-bond acceptors (Lipinski definition) is 6. The van der Waals surface area contributed by atoms with Crippen LogP contribution < -0.4 is 9.47 Å². The van der Waals surface area contributed by atoms with E-state index in [1.54, 1.807) is 0 Å². The molecule has 0 aromatic heterocycles. The summed E-state index contributed by atoms with van der Waals surface area (Å²) in [6, 6.07) is 3.58. The first-order valence-electron chi connectivity index (χ1n) is 4.96. The Hall–Kier alpha value is -2.27. The molecule has 1 aromatic rings. The molecule has 0 saturated carbocycles. The monoisotopic (exact) mass is 285 g/mol. The van der Waals surface area contributed by atoms with Crippen LogP contribution in [0.3, 0.4) is 0 Å². The summed E-state index contributed by atoms with van der Waals surface area (Å²) in [6.45, 7) is 0. The predicted octanol–water partition coefficient (Wildman–Crippen LogP) is 0.699. The van der Waals surface area contributed by atoms with Crippen LogP contribution in [0.4, 0.5) is 0 Å². The number of methoxy groups -OCH3 is 2. The lowest BCUT2D eigenvalue weighted by Crippen LogP contribution is -2.09. The Morgan fingerprint density at radius 1 is 1.37 bits per heavy atom. The summed E-state index contributed by atoms with van der Waals surface area (Å²) in [4.78, 5) is 10.8. The quantitative estimate of drug-likeness (QED) is 0.846.